The van der Waals surface area contributed by atoms with Crippen molar-refractivity contribution in [2.24, 2.45) is 5.10 Å². The molecule has 0 saturated heterocycles. The summed E-state index contributed by atoms with van der Waals surface area (Å²) in [5.74, 6) is -0.940. The quantitative estimate of drug-likeness (QED) is 0.135. The standard InChI is InChI=1S/C31H34Br2N4O7/c1-31(2,3)44-30(42)36-26(17-38)28(40)35-25(13-19-9-11-23(39)12-10-19)29(41)37-34-16-21-14-22(32)15-24(33)27(21)43-18-20-7-5-4-6-8-20/h4-12,14-16,25-26,38-39H,13,17-18H2,1-3H3,(H,35,40)(H,36,42)(H,37,41)/b34-16-/t25-,26-/m0/s1. The predicted octanol–water partition coefficient (Wildman–Crippen LogP) is 4.56. The van der Waals surface area contributed by atoms with E-state index in [-0.39, 0.29) is 12.2 Å². The fourth-order valence-electron chi connectivity index (χ4n) is 3.79. The predicted molar refractivity (Wildman–Crippen MR) is 172 cm³/mol. The second-order valence-electron chi connectivity index (χ2n) is 10.6. The normalized spacial score (nSPS) is 12.7. The Labute approximate surface area is 272 Å². The molecule has 0 spiro atoms. The Balaban J connectivity index is 1.76. The Morgan fingerprint density at radius 3 is 2.25 bits per heavy atom. The minimum absolute atomic E-state index is 0.0197. The number of hydrogen-bond donors (Lipinski definition) is 5. The third-order valence-electron chi connectivity index (χ3n) is 5.84. The number of rotatable bonds is 12. The number of halogens is 2. The van der Waals surface area contributed by atoms with Crippen molar-refractivity contribution in [1.29, 1.82) is 0 Å². The van der Waals surface area contributed by atoms with Crippen LogP contribution in [0.3, 0.4) is 0 Å². The van der Waals surface area contributed by atoms with Gasteiger partial charge in [-0.2, -0.15) is 5.10 Å². The van der Waals surface area contributed by atoms with Crippen LogP contribution >= 0.6 is 31.9 Å². The Bertz CT molecular complexity index is 1460. The molecule has 0 bridgehead atoms. The second kappa shape index (κ2) is 16.2. The molecule has 13 heteroatoms. The van der Waals surface area contributed by atoms with Gasteiger partial charge in [-0.05, 0) is 72.1 Å². The molecule has 3 aromatic carbocycles. The lowest BCUT2D eigenvalue weighted by molar-refractivity contribution is -0.130. The van der Waals surface area contributed by atoms with E-state index in [1.807, 2.05) is 36.4 Å². The van der Waals surface area contributed by atoms with Crippen LogP contribution in [-0.4, -0.2) is 58.6 Å². The minimum atomic E-state index is -1.38. The van der Waals surface area contributed by atoms with Crippen LogP contribution in [0, 0.1) is 0 Å². The molecule has 0 aliphatic heterocycles. The summed E-state index contributed by atoms with van der Waals surface area (Å²) in [6.45, 7) is 4.54. The molecule has 0 radical (unpaired) electrons. The van der Waals surface area contributed by atoms with Crippen LogP contribution in [0.5, 0.6) is 11.5 Å². The van der Waals surface area contributed by atoms with E-state index in [0.717, 1.165) is 10.0 Å². The zero-order valence-corrected chi connectivity index (χ0v) is 27.5. The topological polar surface area (TPSA) is 159 Å². The fourth-order valence-corrected chi connectivity index (χ4v) is 5.17. The first-order valence-corrected chi connectivity index (χ1v) is 15.1. The number of carbonyl (C=O) groups excluding carboxylic acids is 3. The van der Waals surface area contributed by atoms with Gasteiger partial charge in [0.25, 0.3) is 5.91 Å². The third kappa shape index (κ3) is 11.3. The Kier molecular flexibility index (Phi) is 12.7. The number of aliphatic hydroxyl groups excluding tert-OH is 1. The molecular formula is C31H34Br2N4O7. The molecule has 234 valence electrons. The van der Waals surface area contributed by atoms with E-state index in [9.17, 15) is 24.6 Å². The summed E-state index contributed by atoms with van der Waals surface area (Å²) < 4.78 is 12.6. The largest absolute Gasteiger partial charge is 0.508 e. The number of aromatic hydroxyl groups is 1. The van der Waals surface area contributed by atoms with Gasteiger partial charge in [0, 0.05) is 16.5 Å². The average Bonchev–Trinajstić information content (AvgIpc) is 2.95. The zero-order chi connectivity index (χ0) is 32.3. The number of aliphatic hydroxyl groups is 1. The molecule has 0 saturated carbocycles. The number of hydrazone groups is 1. The van der Waals surface area contributed by atoms with E-state index < -0.39 is 42.2 Å². The van der Waals surface area contributed by atoms with Gasteiger partial charge in [-0.3, -0.25) is 9.59 Å². The number of alkyl carbamates (subject to hydrolysis) is 1. The van der Waals surface area contributed by atoms with Crippen molar-refractivity contribution < 1.29 is 34.1 Å². The maximum atomic E-state index is 13.3. The molecule has 0 fully saturated rings. The van der Waals surface area contributed by atoms with Crippen LogP contribution in [0.4, 0.5) is 4.79 Å². The van der Waals surface area contributed by atoms with Gasteiger partial charge in [-0.15, -0.1) is 0 Å². The fraction of sp³-hybridized carbons (Fsp3) is 0.290. The molecule has 3 amide bonds. The molecule has 5 N–H and O–H groups in total. The van der Waals surface area contributed by atoms with Gasteiger partial charge in [0.2, 0.25) is 5.91 Å². The number of amides is 3. The van der Waals surface area contributed by atoms with Gasteiger partial charge in [0.1, 0.15) is 35.8 Å². The van der Waals surface area contributed by atoms with Gasteiger partial charge < -0.3 is 30.3 Å². The molecule has 11 nitrogen and oxygen atoms in total. The Morgan fingerprint density at radius 2 is 1.61 bits per heavy atom. The summed E-state index contributed by atoms with van der Waals surface area (Å²) in [5.41, 5.74) is 3.77. The van der Waals surface area contributed by atoms with Crippen LogP contribution in [0.2, 0.25) is 0 Å². The lowest BCUT2D eigenvalue weighted by Crippen LogP contribution is -2.55. The Hall–Kier alpha value is -3.94. The van der Waals surface area contributed by atoms with Crippen LogP contribution in [0.1, 0.15) is 37.5 Å². The number of phenols is 1. The highest BCUT2D eigenvalue weighted by Gasteiger charge is 2.28. The lowest BCUT2D eigenvalue weighted by atomic mass is 10.0. The van der Waals surface area contributed by atoms with Crippen molar-refractivity contribution in [3.05, 3.63) is 92.4 Å². The summed E-state index contributed by atoms with van der Waals surface area (Å²) >= 11 is 6.96. The third-order valence-corrected chi connectivity index (χ3v) is 6.89. The molecule has 3 rings (SSSR count). The van der Waals surface area contributed by atoms with Gasteiger partial charge in [0.15, 0.2) is 0 Å². The van der Waals surface area contributed by atoms with Gasteiger partial charge in [-0.25, -0.2) is 10.2 Å². The van der Waals surface area contributed by atoms with E-state index in [4.69, 9.17) is 9.47 Å². The first kappa shape index (κ1) is 34.5. The number of carbonyl (C=O) groups is 3. The van der Waals surface area contributed by atoms with E-state index in [1.165, 1.54) is 18.3 Å². The smallest absolute Gasteiger partial charge is 0.408 e. The number of nitrogens with one attached hydrogen (secondary N) is 3. The summed E-state index contributed by atoms with van der Waals surface area (Å²) in [5, 5.41) is 28.4. The summed E-state index contributed by atoms with van der Waals surface area (Å²) in [6.07, 6.45) is 0.529. The van der Waals surface area contributed by atoms with Crippen LogP contribution in [0.25, 0.3) is 0 Å². The average molecular weight is 734 g/mol. The molecule has 0 aliphatic rings. The summed E-state index contributed by atoms with van der Waals surface area (Å²) in [4.78, 5) is 38.5. The van der Waals surface area contributed by atoms with Gasteiger partial charge in [-0.1, -0.05) is 58.4 Å². The lowest BCUT2D eigenvalue weighted by Gasteiger charge is -2.24. The van der Waals surface area contributed by atoms with E-state index in [0.29, 0.717) is 28.0 Å². The zero-order valence-electron chi connectivity index (χ0n) is 24.3. The molecule has 0 heterocycles. The number of ether oxygens (including phenoxy) is 2. The first-order valence-electron chi connectivity index (χ1n) is 13.5. The highest BCUT2D eigenvalue weighted by Crippen LogP contribution is 2.32. The maximum absolute atomic E-state index is 13.3. The van der Waals surface area contributed by atoms with Gasteiger partial charge >= 0.3 is 6.09 Å². The highest BCUT2D eigenvalue weighted by atomic mass is 79.9. The molecule has 2 atom stereocenters. The van der Waals surface area contributed by atoms with E-state index >= 15 is 0 Å². The highest BCUT2D eigenvalue weighted by molar-refractivity contribution is 9.11. The molecule has 0 aliphatic carbocycles. The van der Waals surface area contributed by atoms with Crippen LogP contribution < -0.4 is 20.8 Å². The van der Waals surface area contributed by atoms with Crippen LogP contribution in [0.15, 0.2) is 80.8 Å². The number of benzene rings is 3. The van der Waals surface area contributed by atoms with Crippen molar-refractivity contribution in [3.8, 4) is 11.5 Å². The van der Waals surface area contributed by atoms with Crippen molar-refractivity contribution in [1.82, 2.24) is 16.1 Å². The minimum Gasteiger partial charge on any atom is -0.508 e. The van der Waals surface area contributed by atoms with Crippen LogP contribution in [-0.2, 0) is 27.4 Å². The molecular weight excluding hydrogens is 700 g/mol. The SMILES string of the molecule is CC(C)(C)OC(=O)N[C@@H](CO)C(=O)N[C@@H](Cc1ccc(O)cc1)C(=O)N/N=C\c1cc(Br)cc(Br)c1OCc1ccccc1. The molecule has 0 unspecified atom stereocenters. The number of hydrogen-bond acceptors (Lipinski definition) is 8. The summed E-state index contributed by atoms with van der Waals surface area (Å²) in [7, 11) is 0. The van der Waals surface area contributed by atoms with Crippen molar-refractivity contribution in [2.75, 3.05) is 6.61 Å². The number of nitrogens with zero attached hydrogens (tertiary/aromatic N) is 1. The van der Waals surface area contributed by atoms with Crippen molar-refractivity contribution >= 4 is 56.0 Å². The first-order chi connectivity index (χ1) is 20.8. The second-order valence-corrected chi connectivity index (χ2v) is 12.4. The van der Waals surface area contributed by atoms with E-state index in [1.54, 1.807) is 39.0 Å². The van der Waals surface area contributed by atoms with Crippen molar-refractivity contribution in [3.63, 3.8) is 0 Å². The Morgan fingerprint density at radius 1 is 0.932 bits per heavy atom. The van der Waals surface area contributed by atoms with Crippen molar-refractivity contribution in [2.45, 2.75) is 51.5 Å². The maximum Gasteiger partial charge on any atom is 0.408 e. The molecule has 0 aromatic heterocycles. The monoisotopic (exact) mass is 732 g/mol. The number of phenolic OH excluding ortho intramolecular Hbond substituents is 1. The van der Waals surface area contributed by atoms with E-state index in [2.05, 4.69) is 53.0 Å². The summed E-state index contributed by atoms with van der Waals surface area (Å²) in [6, 6.07) is 16.8. The van der Waals surface area contributed by atoms with Gasteiger partial charge in [0.05, 0.1) is 17.3 Å². The molecule has 44 heavy (non-hydrogen) atoms. The molecule has 3 aromatic rings.